The van der Waals surface area contributed by atoms with Gasteiger partial charge >= 0.3 is 6.09 Å². The first-order valence-electron chi connectivity index (χ1n) is 7.09. The SMILES string of the molecule is C[C@H](NC(=O)OCc1ccccc1)C(=O)Nc1ccccc1F. The fourth-order valence-corrected chi connectivity index (χ4v) is 1.81. The second kappa shape index (κ2) is 7.93. The first-order chi connectivity index (χ1) is 11.1. The van der Waals surface area contributed by atoms with E-state index in [1.54, 1.807) is 6.07 Å². The number of alkyl carbamates (subject to hydrolysis) is 1. The van der Waals surface area contributed by atoms with E-state index in [1.165, 1.54) is 25.1 Å². The highest BCUT2D eigenvalue weighted by Gasteiger charge is 2.17. The lowest BCUT2D eigenvalue weighted by molar-refractivity contribution is -0.117. The lowest BCUT2D eigenvalue weighted by atomic mass is 10.2. The van der Waals surface area contributed by atoms with Crippen LogP contribution >= 0.6 is 0 Å². The summed E-state index contributed by atoms with van der Waals surface area (Å²) in [5.74, 6) is -1.08. The number of benzene rings is 2. The fraction of sp³-hybridized carbons (Fsp3) is 0.176. The van der Waals surface area contributed by atoms with E-state index in [1.807, 2.05) is 30.3 Å². The topological polar surface area (TPSA) is 67.4 Å². The molecule has 2 rings (SSSR count). The number of carbonyl (C=O) groups is 2. The Hall–Kier alpha value is -2.89. The van der Waals surface area contributed by atoms with Gasteiger partial charge in [-0.2, -0.15) is 0 Å². The van der Waals surface area contributed by atoms with Gasteiger partial charge in [-0.3, -0.25) is 4.79 Å². The highest BCUT2D eigenvalue weighted by Crippen LogP contribution is 2.12. The van der Waals surface area contributed by atoms with Gasteiger partial charge in [-0.05, 0) is 24.6 Å². The molecule has 1 atom stereocenters. The third kappa shape index (κ3) is 5.10. The van der Waals surface area contributed by atoms with Crippen LogP contribution in [-0.2, 0) is 16.1 Å². The van der Waals surface area contributed by atoms with Crippen LogP contribution in [0.4, 0.5) is 14.9 Å². The molecule has 6 heteroatoms. The average Bonchev–Trinajstić information content (AvgIpc) is 2.56. The Balaban J connectivity index is 1.81. The molecule has 0 spiro atoms. The number of halogens is 1. The molecule has 0 aliphatic heterocycles. The van der Waals surface area contributed by atoms with Gasteiger partial charge in [0.15, 0.2) is 0 Å². The summed E-state index contributed by atoms with van der Waals surface area (Å²) < 4.78 is 18.5. The summed E-state index contributed by atoms with van der Waals surface area (Å²) in [5.41, 5.74) is 0.898. The Morgan fingerprint density at radius 3 is 2.43 bits per heavy atom. The van der Waals surface area contributed by atoms with E-state index in [0.29, 0.717) is 0 Å². The molecule has 2 aromatic carbocycles. The van der Waals surface area contributed by atoms with E-state index in [9.17, 15) is 14.0 Å². The quantitative estimate of drug-likeness (QED) is 0.891. The van der Waals surface area contributed by atoms with Crippen molar-refractivity contribution in [3.63, 3.8) is 0 Å². The molecule has 0 saturated heterocycles. The maximum Gasteiger partial charge on any atom is 0.408 e. The molecular weight excluding hydrogens is 299 g/mol. The molecule has 0 heterocycles. The van der Waals surface area contributed by atoms with E-state index in [4.69, 9.17) is 4.74 Å². The van der Waals surface area contributed by atoms with Gasteiger partial charge in [-0.25, -0.2) is 9.18 Å². The van der Waals surface area contributed by atoms with Crippen LogP contribution < -0.4 is 10.6 Å². The fourth-order valence-electron chi connectivity index (χ4n) is 1.81. The van der Waals surface area contributed by atoms with Crippen molar-refractivity contribution in [3.8, 4) is 0 Å². The zero-order chi connectivity index (χ0) is 16.7. The van der Waals surface area contributed by atoms with Gasteiger partial charge in [0.1, 0.15) is 18.5 Å². The van der Waals surface area contributed by atoms with Gasteiger partial charge in [0.2, 0.25) is 5.91 Å². The molecular formula is C17H17FN2O3. The Morgan fingerprint density at radius 1 is 1.09 bits per heavy atom. The molecule has 0 bridgehead atoms. The molecule has 5 nitrogen and oxygen atoms in total. The van der Waals surface area contributed by atoms with Crippen LogP contribution in [-0.4, -0.2) is 18.0 Å². The van der Waals surface area contributed by atoms with Crippen molar-refractivity contribution in [1.29, 1.82) is 0 Å². The maximum absolute atomic E-state index is 13.5. The molecule has 0 aliphatic rings. The predicted octanol–water partition coefficient (Wildman–Crippen LogP) is 3.08. The van der Waals surface area contributed by atoms with Crippen LogP contribution in [0.3, 0.4) is 0 Å². The minimum Gasteiger partial charge on any atom is -0.445 e. The summed E-state index contributed by atoms with van der Waals surface area (Å²) in [5, 5.41) is 4.80. The summed E-state index contributed by atoms with van der Waals surface area (Å²) >= 11 is 0. The summed E-state index contributed by atoms with van der Waals surface area (Å²) in [6, 6.07) is 14.1. The monoisotopic (exact) mass is 316 g/mol. The third-order valence-corrected chi connectivity index (χ3v) is 3.07. The lowest BCUT2D eigenvalue weighted by Gasteiger charge is -2.14. The normalized spacial score (nSPS) is 11.4. The molecule has 0 saturated carbocycles. The summed E-state index contributed by atoms with van der Waals surface area (Å²) in [7, 11) is 0. The van der Waals surface area contributed by atoms with E-state index >= 15 is 0 Å². The Bertz CT molecular complexity index is 677. The molecule has 0 fully saturated rings. The van der Waals surface area contributed by atoms with Gasteiger partial charge < -0.3 is 15.4 Å². The predicted molar refractivity (Wildman–Crippen MR) is 84.3 cm³/mol. The largest absolute Gasteiger partial charge is 0.445 e. The van der Waals surface area contributed by atoms with Crippen LogP contribution in [0.2, 0.25) is 0 Å². The highest BCUT2D eigenvalue weighted by molar-refractivity contribution is 5.96. The number of nitrogens with one attached hydrogen (secondary N) is 2. The van der Waals surface area contributed by atoms with Crippen LogP contribution in [0.15, 0.2) is 54.6 Å². The van der Waals surface area contributed by atoms with Crippen molar-refractivity contribution in [2.45, 2.75) is 19.6 Å². The van der Waals surface area contributed by atoms with Crippen molar-refractivity contribution in [2.75, 3.05) is 5.32 Å². The number of anilines is 1. The molecule has 2 N–H and O–H groups in total. The zero-order valence-corrected chi connectivity index (χ0v) is 12.6. The first-order valence-corrected chi connectivity index (χ1v) is 7.09. The van der Waals surface area contributed by atoms with E-state index < -0.39 is 23.9 Å². The molecule has 120 valence electrons. The van der Waals surface area contributed by atoms with Crippen molar-refractivity contribution in [1.82, 2.24) is 5.32 Å². The second-order valence-corrected chi connectivity index (χ2v) is 4.90. The van der Waals surface area contributed by atoms with Gasteiger partial charge in [0.25, 0.3) is 0 Å². The minimum absolute atomic E-state index is 0.0591. The van der Waals surface area contributed by atoms with Gasteiger partial charge in [-0.15, -0.1) is 0 Å². The summed E-state index contributed by atoms with van der Waals surface area (Å²) in [6.07, 6.45) is -0.718. The lowest BCUT2D eigenvalue weighted by Crippen LogP contribution is -2.41. The third-order valence-electron chi connectivity index (χ3n) is 3.07. The van der Waals surface area contributed by atoms with Crippen molar-refractivity contribution in [2.24, 2.45) is 0 Å². The summed E-state index contributed by atoms with van der Waals surface area (Å²) in [6.45, 7) is 1.59. The molecule has 0 aliphatic carbocycles. The molecule has 2 amide bonds. The second-order valence-electron chi connectivity index (χ2n) is 4.90. The van der Waals surface area contributed by atoms with Crippen molar-refractivity contribution >= 4 is 17.7 Å². The molecule has 0 aromatic heterocycles. The van der Waals surface area contributed by atoms with Crippen molar-refractivity contribution in [3.05, 3.63) is 66.0 Å². The number of carbonyl (C=O) groups excluding carboxylic acids is 2. The number of hydrogen-bond acceptors (Lipinski definition) is 3. The van der Waals surface area contributed by atoms with E-state index in [0.717, 1.165) is 5.56 Å². The van der Waals surface area contributed by atoms with Gasteiger partial charge in [-0.1, -0.05) is 42.5 Å². The maximum atomic E-state index is 13.5. The highest BCUT2D eigenvalue weighted by atomic mass is 19.1. The van der Waals surface area contributed by atoms with E-state index in [-0.39, 0.29) is 12.3 Å². The Kier molecular flexibility index (Phi) is 5.68. The number of hydrogen-bond donors (Lipinski definition) is 2. The number of ether oxygens (including phenoxy) is 1. The van der Waals surface area contributed by atoms with Crippen LogP contribution in [0.1, 0.15) is 12.5 Å². The van der Waals surface area contributed by atoms with E-state index in [2.05, 4.69) is 10.6 Å². The zero-order valence-electron chi connectivity index (χ0n) is 12.6. The minimum atomic E-state index is -0.863. The average molecular weight is 316 g/mol. The molecule has 2 aromatic rings. The van der Waals surface area contributed by atoms with Crippen LogP contribution in [0.5, 0.6) is 0 Å². The number of amides is 2. The van der Waals surface area contributed by atoms with Gasteiger partial charge in [0, 0.05) is 0 Å². The van der Waals surface area contributed by atoms with Crippen LogP contribution in [0.25, 0.3) is 0 Å². The smallest absolute Gasteiger partial charge is 0.408 e. The molecule has 0 unspecified atom stereocenters. The molecule has 23 heavy (non-hydrogen) atoms. The van der Waals surface area contributed by atoms with Crippen LogP contribution in [0, 0.1) is 5.82 Å². The molecule has 0 radical (unpaired) electrons. The Morgan fingerprint density at radius 2 is 1.74 bits per heavy atom. The number of rotatable bonds is 5. The van der Waals surface area contributed by atoms with Crippen molar-refractivity contribution < 1.29 is 18.7 Å². The van der Waals surface area contributed by atoms with Gasteiger partial charge in [0.05, 0.1) is 5.69 Å². The first kappa shape index (κ1) is 16.5. The number of para-hydroxylation sites is 1. The Labute approximate surface area is 133 Å². The summed E-state index contributed by atoms with van der Waals surface area (Å²) in [4.78, 5) is 23.6. The standard InChI is InChI=1S/C17H17FN2O3/c1-12(16(21)20-15-10-6-5-9-14(15)18)19-17(22)23-11-13-7-3-2-4-8-13/h2-10,12H,11H2,1H3,(H,19,22)(H,20,21)/t12-/m0/s1.